The Hall–Kier alpha value is -2.98. The van der Waals surface area contributed by atoms with Crippen molar-refractivity contribution in [1.29, 1.82) is 5.26 Å². The van der Waals surface area contributed by atoms with E-state index in [2.05, 4.69) is 5.32 Å². The van der Waals surface area contributed by atoms with Gasteiger partial charge in [0.2, 0.25) is 9.84 Å². The van der Waals surface area contributed by atoms with Crippen LogP contribution < -0.4 is 14.8 Å². The molecule has 0 spiro atoms. The molecule has 0 atom stereocenters. The highest BCUT2D eigenvalue weighted by Gasteiger charge is 2.20. The molecule has 0 fully saturated rings. The number of rotatable bonds is 6. The van der Waals surface area contributed by atoms with Crippen molar-refractivity contribution in [2.75, 3.05) is 19.5 Å². The Bertz CT molecular complexity index is 885. The molecule has 24 heavy (non-hydrogen) atoms. The van der Waals surface area contributed by atoms with Gasteiger partial charge in [0.15, 0.2) is 4.91 Å². The molecular weight excluding hydrogens is 328 g/mol. The van der Waals surface area contributed by atoms with Crippen molar-refractivity contribution < 1.29 is 17.9 Å². The lowest BCUT2D eigenvalue weighted by Gasteiger charge is -2.10. The predicted molar refractivity (Wildman–Crippen MR) is 90.5 cm³/mol. The smallest absolute Gasteiger partial charge is 0.218 e. The van der Waals surface area contributed by atoms with Gasteiger partial charge in [-0.25, -0.2) is 8.42 Å². The molecule has 0 radical (unpaired) electrons. The third-order valence-electron chi connectivity index (χ3n) is 3.22. The zero-order valence-electron chi connectivity index (χ0n) is 13.2. The SMILES string of the molecule is COc1ccc(NC=C(C#N)S(=O)(=O)c2ccccc2)c(OC)c1. The summed E-state index contributed by atoms with van der Waals surface area (Å²) in [6.07, 6.45) is 1.15. The van der Waals surface area contributed by atoms with Crippen molar-refractivity contribution in [3.05, 3.63) is 59.6 Å². The van der Waals surface area contributed by atoms with Crippen LogP contribution in [0.3, 0.4) is 0 Å². The molecule has 6 nitrogen and oxygen atoms in total. The predicted octanol–water partition coefficient (Wildman–Crippen LogP) is 2.95. The minimum atomic E-state index is -3.88. The minimum Gasteiger partial charge on any atom is -0.497 e. The second-order valence-electron chi connectivity index (χ2n) is 4.65. The van der Waals surface area contributed by atoms with Crippen molar-refractivity contribution in [3.63, 3.8) is 0 Å². The summed E-state index contributed by atoms with van der Waals surface area (Å²) in [4.78, 5) is -0.340. The molecule has 2 aromatic carbocycles. The standard InChI is InChI=1S/C17H16N2O4S/c1-22-13-8-9-16(17(10-13)23-2)19-12-15(11-18)24(20,21)14-6-4-3-5-7-14/h3-10,12,19H,1-2H3. The molecule has 7 heteroatoms. The number of nitriles is 1. The molecule has 0 bridgehead atoms. The first kappa shape index (κ1) is 17.4. The van der Waals surface area contributed by atoms with Crippen molar-refractivity contribution in [2.45, 2.75) is 4.90 Å². The lowest BCUT2D eigenvalue weighted by Crippen LogP contribution is -2.06. The number of nitrogens with zero attached hydrogens (tertiary/aromatic N) is 1. The van der Waals surface area contributed by atoms with Gasteiger partial charge in [-0.05, 0) is 24.3 Å². The molecule has 0 saturated carbocycles. The van der Waals surface area contributed by atoms with E-state index >= 15 is 0 Å². The summed E-state index contributed by atoms with van der Waals surface area (Å²) in [7, 11) is -0.870. The first-order chi connectivity index (χ1) is 11.5. The third-order valence-corrected chi connectivity index (χ3v) is 4.90. The van der Waals surface area contributed by atoms with Crippen LogP contribution in [0, 0.1) is 11.3 Å². The molecule has 0 aromatic heterocycles. The van der Waals surface area contributed by atoms with E-state index in [-0.39, 0.29) is 4.90 Å². The van der Waals surface area contributed by atoms with Crippen LogP contribution in [0.2, 0.25) is 0 Å². The summed E-state index contributed by atoms with van der Waals surface area (Å²) in [5.74, 6) is 1.05. The Labute approximate surface area is 140 Å². The van der Waals surface area contributed by atoms with Gasteiger partial charge in [0.25, 0.3) is 0 Å². The van der Waals surface area contributed by atoms with Crippen LogP contribution in [0.1, 0.15) is 0 Å². The number of hydrogen-bond donors (Lipinski definition) is 1. The van der Waals surface area contributed by atoms with Gasteiger partial charge in [-0.3, -0.25) is 0 Å². The Balaban J connectivity index is 2.35. The van der Waals surface area contributed by atoms with E-state index in [9.17, 15) is 13.7 Å². The summed E-state index contributed by atoms with van der Waals surface area (Å²) in [5, 5.41) is 12.0. The highest BCUT2D eigenvalue weighted by molar-refractivity contribution is 7.95. The van der Waals surface area contributed by atoms with E-state index in [4.69, 9.17) is 9.47 Å². The van der Waals surface area contributed by atoms with Gasteiger partial charge in [0, 0.05) is 12.3 Å². The molecule has 2 rings (SSSR count). The first-order valence-electron chi connectivity index (χ1n) is 6.92. The largest absolute Gasteiger partial charge is 0.497 e. The number of ether oxygens (including phenoxy) is 2. The number of hydrogen-bond acceptors (Lipinski definition) is 6. The average Bonchev–Trinajstić information content (AvgIpc) is 2.62. The third kappa shape index (κ3) is 3.67. The summed E-state index contributed by atoms with van der Waals surface area (Å²) in [5.41, 5.74) is 0.509. The molecule has 0 aliphatic heterocycles. The van der Waals surface area contributed by atoms with E-state index in [1.54, 1.807) is 42.5 Å². The summed E-state index contributed by atoms with van der Waals surface area (Å²) < 4.78 is 35.2. The van der Waals surface area contributed by atoms with Crippen LogP contribution in [-0.2, 0) is 9.84 Å². The van der Waals surface area contributed by atoms with Gasteiger partial charge in [-0.1, -0.05) is 18.2 Å². The monoisotopic (exact) mass is 344 g/mol. The second-order valence-corrected chi connectivity index (χ2v) is 6.57. The topological polar surface area (TPSA) is 88.4 Å². The van der Waals surface area contributed by atoms with E-state index in [1.165, 1.54) is 26.4 Å². The summed E-state index contributed by atoms with van der Waals surface area (Å²) >= 11 is 0. The van der Waals surface area contributed by atoms with Crippen LogP contribution in [-0.4, -0.2) is 22.6 Å². The number of anilines is 1. The zero-order valence-corrected chi connectivity index (χ0v) is 14.0. The minimum absolute atomic E-state index is 0.0568. The molecule has 0 aliphatic carbocycles. The van der Waals surface area contributed by atoms with Crippen molar-refractivity contribution in [3.8, 4) is 17.6 Å². The Kier molecular flexibility index (Phi) is 5.45. The van der Waals surface area contributed by atoms with Crippen molar-refractivity contribution in [2.24, 2.45) is 0 Å². The Morgan fingerprint density at radius 3 is 2.42 bits per heavy atom. The van der Waals surface area contributed by atoms with E-state index in [1.807, 2.05) is 0 Å². The zero-order chi connectivity index (χ0) is 17.6. The molecule has 124 valence electrons. The number of benzene rings is 2. The normalized spacial score (nSPS) is 11.5. The molecule has 2 aromatic rings. The number of nitrogens with one attached hydrogen (secondary N) is 1. The Morgan fingerprint density at radius 1 is 1.12 bits per heavy atom. The van der Waals surface area contributed by atoms with E-state index < -0.39 is 14.7 Å². The average molecular weight is 344 g/mol. The van der Waals surface area contributed by atoms with Crippen LogP contribution >= 0.6 is 0 Å². The van der Waals surface area contributed by atoms with E-state index in [0.717, 1.165) is 6.20 Å². The molecule has 0 heterocycles. The van der Waals surface area contributed by atoms with Crippen LogP contribution in [0.5, 0.6) is 11.5 Å². The van der Waals surface area contributed by atoms with E-state index in [0.29, 0.717) is 17.2 Å². The van der Waals surface area contributed by atoms with Crippen LogP contribution in [0.15, 0.2) is 64.5 Å². The van der Waals surface area contributed by atoms with Crippen LogP contribution in [0.4, 0.5) is 5.69 Å². The van der Waals surface area contributed by atoms with Gasteiger partial charge in [-0.15, -0.1) is 0 Å². The quantitative estimate of drug-likeness (QED) is 0.811. The number of sulfone groups is 1. The molecule has 1 N–H and O–H groups in total. The molecule has 0 amide bonds. The lowest BCUT2D eigenvalue weighted by atomic mass is 10.2. The fourth-order valence-corrected chi connectivity index (χ4v) is 3.06. The lowest BCUT2D eigenvalue weighted by molar-refractivity contribution is 0.395. The maximum absolute atomic E-state index is 12.5. The van der Waals surface area contributed by atoms with Gasteiger partial charge in [0.05, 0.1) is 24.8 Å². The number of methoxy groups -OCH3 is 2. The maximum Gasteiger partial charge on any atom is 0.218 e. The summed E-state index contributed by atoms with van der Waals surface area (Å²) in [6, 6.07) is 14.5. The maximum atomic E-state index is 12.5. The van der Waals surface area contributed by atoms with Gasteiger partial charge < -0.3 is 14.8 Å². The fraction of sp³-hybridized carbons (Fsp3) is 0.118. The Morgan fingerprint density at radius 2 is 1.83 bits per heavy atom. The van der Waals surface area contributed by atoms with Crippen LogP contribution in [0.25, 0.3) is 0 Å². The van der Waals surface area contributed by atoms with Gasteiger partial charge in [0.1, 0.15) is 17.6 Å². The first-order valence-corrected chi connectivity index (χ1v) is 8.40. The fourth-order valence-electron chi connectivity index (χ4n) is 1.96. The second kappa shape index (κ2) is 7.53. The summed E-state index contributed by atoms with van der Waals surface area (Å²) in [6.45, 7) is 0. The van der Waals surface area contributed by atoms with Gasteiger partial charge >= 0.3 is 0 Å². The highest BCUT2D eigenvalue weighted by Crippen LogP contribution is 2.29. The van der Waals surface area contributed by atoms with Crippen molar-refractivity contribution >= 4 is 15.5 Å². The van der Waals surface area contributed by atoms with Gasteiger partial charge in [-0.2, -0.15) is 5.26 Å². The molecule has 0 saturated heterocycles. The number of allylic oxidation sites excluding steroid dienone is 1. The molecule has 0 aliphatic rings. The highest BCUT2D eigenvalue weighted by atomic mass is 32.2. The molecule has 0 unspecified atom stereocenters. The van der Waals surface area contributed by atoms with Crippen molar-refractivity contribution in [1.82, 2.24) is 0 Å². The molecular formula is C17H16N2O4S.